The molecular formula is C20H17NO4. The Morgan fingerprint density at radius 2 is 2.04 bits per heavy atom. The number of carbonyl (C=O) groups is 2. The zero-order valence-corrected chi connectivity index (χ0v) is 13.5. The first kappa shape index (κ1) is 16.5. The van der Waals surface area contributed by atoms with Crippen molar-refractivity contribution in [3.8, 4) is 11.5 Å². The van der Waals surface area contributed by atoms with Gasteiger partial charge in [-0.25, -0.2) is 0 Å². The lowest BCUT2D eigenvalue weighted by Crippen LogP contribution is -2.25. The lowest BCUT2D eigenvalue weighted by Gasteiger charge is -2.17. The molecule has 0 aromatic heterocycles. The van der Waals surface area contributed by atoms with Crippen LogP contribution in [0, 0.1) is 0 Å². The number of ketones is 1. The quantitative estimate of drug-likeness (QED) is 0.499. The molecule has 2 aromatic carbocycles. The molecule has 0 atom stereocenters. The summed E-state index contributed by atoms with van der Waals surface area (Å²) in [6.07, 6.45) is 4.90. The fourth-order valence-electron chi connectivity index (χ4n) is 2.33. The molecule has 1 amide bonds. The number of nitrogens with one attached hydrogen (secondary N) is 1. The summed E-state index contributed by atoms with van der Waals surface area (Å²) in [6.45, 7) is 4.04. The Morgan fingerprint density at radius 3 is 2.80 bits per heavy atom. The molecule has 0 spiro atoms. The number of allylic oxidation sites excluding steroid dienone is 1. The molecule has 5 nitrogen and oxygen atoms in total. The Hall–Kier alpha value is -3.34. The van der Waals surface area contributed by atoms with Gasteiger partial charge < -0.3 is 14.8 Å². The van der Waals surface area contributed by atoms with Gasteiger partial charge in [-0.1, -0.05) is 30.9 Å². The second-order valence-electron chi connectivity index (χ2n) is 5.41. The van der Waals surface area contributed by atoms with E-state index in [-0.39, 0.29) is 18.3 Å². The summed E-state index contributed by atoms with van der Waals surface area (Å²) in [5.74, 6) is 0.921. The average Bonchev–Trinajstić information content (AvgIpc) is 2.64. The van der Waals surface area contributed by atoms with Gasteiger partial charge in [-0.05, 0) is 42.0 Å². The van der Waals surface area contributed by atoms with E-state index in [1.165, 1.54) is 6.08 Å². The number of ether oxygens (including phenoxy) is 2. The van der Waals surface area contributed by atoms with Crippen LogP contribution in [-0.2, 0) is 4.79 Å². The van der Waals surface area contributed by atoms with Crippen LogP contribution < -0.4 is 14.8 Å². The van der Waals surface area contributed by atoms with Crippen LogP contribution in [-0.4, -0.2) is 24.9 Å². The van der Waals surface area contributed by atoms with Crippen LogP contribution in [0.15, 0.2) is 61.2 Å². The van der Waals surface area contributed by atoms with Crippen LogP contribution in [0.3, 0.4) is 0 Å². The van der Waals surface area contributed by atoms with E-state index in [1.807, 2.05) is 24.3 Å². The molecule has 1 heterocycles. The molecule has 5 heteroatoms. The maximum Gasteiger partial charge on any atom is 0.262 e. The van der Waals surface area contributed by atoms with E-state index in [0.717, 1.165) is 11.3 Å². The van der Waals surface area contributed by atoms with Crippen LogP contribution in [0.4, 0.5) is 5.69 Å². The minimum atomic E-state index is -0.230. The molecule has 0 fully saturated rings. The van der Waals surface area contributed by atoms with Crippen molar-refractivity contribution in [1.29, 1.82) is 0 Å². The molecule has 0 bridgehead atoms. The summed E-state index contributed by atoms with van der Waals surface area (Å²) in [7, 11) is 0. The van der Waals surface area contributed by atoms with Crippen molar-refractivity contribution in [2.75, 3.05) is 18.5 Å². The third kappa shape index (κ3) is 4.14. The molecule has 0 aliphatic carbocycles. The highest BCUT2D eigenvalue weighted by molar-refractivity contribution is 6.08. The SMILES string of the molecule is C=CCOc1ccc(C=CC(=O)c2ccc3c(c2)NC(=O)CO3)cc1. The van der Waals surface area contributed by atoms with E-state index < -0.39 is 0 Å². The van der Waals surface area contributed by atoms with Crippen LogP contribution in [0.1, 0.15) is 15.9 Å². The summed E-state index contributed by atoms with van der Waals surface area (Å²) in [5, 5.41) is 2.69. The van der Waals surface area contributed by atoms with Gasteiger partial charge in [-0.15, -0.1) is 0 Å². The van der Waals surface area contributed by atoms with Gasteiger partial charge in [0.25, 0.3) is 5.91 Å². The lowest BCUT2D eigenvalue weighted by molar-refractivity contribution is -0.118. The van der Waals surface area contributed by atoms with Gasteiger partial charge in [0.1, 0.15) is 18.1 Å². The number of carbonyl (C=O) groups excluding carboxylic acids is 2. The minimum absolute atomic E-state index is 0.00724. The highest BCUT2D eigenvalue weighted by Gasteiger charge is 2.17. The van der Waals surface area contributed by atoms with Crippen molar-refractivity contribution in [2.24, 2.45) is 0 Å². The fraction of sp³-hybridized carbons (Fsp3) is 0.100. The largest absolute Gasteiger partial charge is 0.490 e. The molecule has 1 aliphatic heterocycles. The number of rotatable bonds is 6. The third-order valence-electron chi connectivity index (χ3n) is 3.57. The van der Waals surface area contributed by atoms with Gasteiger partial charge in [-0.2, -0.15) is 0 Å². The van der Waals surface area contributed by atoms with Crippen LogP contribution >= 0.6 is 0 Å². The molecule has 2 aromatic rings. The smallest absolute Gasteiger partial charge is 0.262 e. The first-order valence-electron chi connectivity index (χ1n) is 7.78. The third-order valence-corrected chi connectivity index (χ3v) is 3.57. The maximum atomic E-state index is 12.3. The molecule has 0 radical (unpaired) electrons. The Morgan fingerprint density at radius 1 is 1.24 bits per heavy atom. The Labute approximate surface area is 145 Å². The van der Waals surface area contributed by atoms with Gasteiger partial charge >= 0.3 is 0 Å². The Kier molecular flexibility index (Phi) is 4.95. The fourth-order valence-corrected chi connectivity index (χ4v) is 2.33. The number of benzene rings is 2. The van der Waals surface area contributed by atoms with Crippen molar-refractivity contribution in [3.05, 3.63) is 72.3 Å². The molecule has 0 saturated carbocycles. The van der Waals surface area contributed by atoms with Gasteiger partial charge in [0.2, 0.25) is 0 Å². The first-order chi connectivity index (χ1) is 12.2. The molecular weight excluding hydrogens is 318 g/mol. The minimum Gasteiger partial charge on any atom is -0.490 e. The standard InChI is InChI=1S/C20H17NO4/c1-2-11-24-16-7-3-14(4-8-16)5-9-18(22)15-6-10-19-17(12-15)21-20(23)13-25-19/h2-10,12H,1,11,13H2,(H,21,23). The Balaban J connectivity index is 1.69. The predicted octanol–water partition coefficient (Wildman–Crippen LogP) is 3.48. The van der Waals surface area contributed by atoms with E-state index in [9.17, 15) is 9.59 Å². The number of amides is 1. The normalized spacial score (nSPS) is 12.9. The van der Waals surface area contributed by atoms with Crippen LogP contribution in [0.2, 0.25) is 0 Å². The molecule has 3 rings (SSSR count). The van der Waals surface area contributed by atoms with Crippen LogP contribution in [0.5, 0.6) is 11.5 Å². The molecule has 0 unspecified atom stereocenters. The zero-order valence-electron chi connectivity index (χ0n) is 13.5. The summed E-state index contributed by atoms with van der Waals surface area (Å²) in [5.41, 5.74) is 1.87. The second kappa shape index (κ2) is 7.49. The zero-order chi connectivity index (χ0) is 17.6. The summed E-state index contributed by atoms with van der Waals surface area (Å²) in [6, 6.07) is 12.4. The molecule has 25 heavy (non-hydrogen) atoms. The molecule has 1 aliphatic rings. The van der Waals surface area contributed by atoms with E-state index in [4.69, 9.17) is 9.47 Å². The van der Waals surface area contributed by atoms with E-state index in [0.29, 0.717) is 23.6 Å². The highest BCUT2D eigenvalue weighted by atomic mass is 16.5. The van der Waals surface area contributed by atoms with Crippen molar-refractivity contribution >= 4 is 23.5 Å². The van der Waals surface area contributed by atoms with Gasteiger partial charge in [0.05, 0.1) is 5.69 Å². The predicted molar refractivity (Wildman–Crippen MR) is 96.1 cm³/mol. The van der Waals surface area contributed by atoms with Crippen molar-refractivity contribution in [3.63, 3.8) is 0 Å². The van der Waals surface area contributed by atoms with Gasteiger partial charge in [-0.3, -0.25) is 9.59 Å². The van der Waals surface area contributed by atoms with E-state index in [1.54, 1.807) is 30.4 Å². The average molecular weight is 335 g/mol. The molecule has 1 N–H and O–H groups in total. The number of hydrogen-bond donors (Lipinski definition) is 1. The topological polar surface area (TPSA) is 64.6 Å². The van der Waals surface area contributed by atoms with E-state index >= 15 is 0 Å². The summed E-state index contributed by atoms with van der Waals surface area (Å²) in [4.78, 5) is 23.7. The van der Waals surface area contributed by atoms with Gasteiger partial charge in [0, 0.05) is 5.56 Å². The number of fused-ring (bicyclic) bond motifs is 1. The summed E-state index contributed by atoms with van der Waals surface area (Å²) < 4.78 is 10.7. The summed E-state index contributed by atoms with van der Waals surface area (Å²) >= 11 is 0. The highest BCUT2D eigenvalue weighted by Crippen LogP contribution is 2.28. The monoisotopic (exact) mass is 335 g/mol. The molecule has 0 saturated heterocycles. The number of anilines is 1. The van der Waals surface area contributed by atoms with Crippen molar-refractivity contribution < 1.29 is 19.1 Å². The lowest BCUT2D eigenvalue weighted by atomic mass is 10.1. The first-order valence-corrected chi connectivity index (χ1v) is 7.78. The van der Waals surface area contributed by atoms with Crippen molar-refractivity contribution in [2.45, 2.75) is 0 Å². The number of hydrogen-bond acceptors (Lipinski definition) is 4. The second-order valence-corrected chi connectivity index (χ2v) is 5.41. The van der Waals surface area contributed by atoms with Crippen molar-refractivity contribution in [1.82, 2.24) is 0 Å². The van der Waals surface area contributed by atoms with E-state index in [2.05, 4.69) is 11.9 Å². The van der Waals surface area contributed by atoms with Crippen LogP contribution in [0.25, 0.3) is 6.08 Å². The Bertz CT molecular complexity index is 837. The maximum absolute atomic E-state index is 12.3. The molecule has 126 valence electrons. The van der Waals surface area contributed by atoms with Gasteiger partial charge in [0.15, 0.2) is 12.4 Å².